The van der Waals surface area contributed by atoms with Crippen LogP contribution < -0.4 is 10.9 Å². The number of amides is 1. The number of nitrogens with one attached hydrogen (secondary N) is 1. The maximum Gasteiger partial charge on any atom is 0.268 e. The Morgan fingerprint density at radius 1 is 1.16 bits per heavy atom. The molecule has 3 aromatic rings. The molecule has 2 heterocycles. The van der Waals surface area contributed by atoms with E-state index in [0.717, 1.165) is 28.1 Å². The van der Waals surface area contributed by atoms with Crippen LogP contribution in [0.5, 0.6) is 0 Å². The van der Waals surface area contributed by atoms with Gasteiger partial charge in [0.05, 0.1) is 22.9 Å². The molecule has 4 rings (SSSR count). The van der Waals surface area contributed by atoms with Crippen molar-refractivity contribution in [3.8, 4) is 0 Å². The van der Waals surface area contributed by atoms with Crippen LogP contribution in [0, 0.1) is 6.92 Å². The van der Waals surface area contributed by atoms with Crippen molar-refractivity contribution in [2.45, 2.75) is 48.7 Å². The topological polar surface area (TPSA) is 64.0 Å². The maximum absolute atomic E-state index is 13.2. The third-order valence-electron chi connectivity index (χ3n) is 5.09. The van der Waals surface area contributed by atoms with Crippen LogP contribution in [-0.2, 0) is 24.3 Å². The summed E-state index contributed by atoms with van der Waals surface area (Å²) in [6.45, 7) is 5.08. The summed E-state index contributed by atoms with van der Waals surface area (Å²) in [7, 11) is 0. The smallest absolute Gasteiger partial charge is 0.268 e. The second-order valence-electron chi connectivity index (χ2n) is 7.73. The third-order valence-corrected chi connectivity index (χ3v) is 7.28. The fourth-order valence-electron chi connectivity index (χ4n) is 3.43. The van der Waals surface area contributed by atoms with Crippen molar-refractivity contribution in [2.24, 2.45) is 0 Å². The molecule has 0 saturated carbocycles. The summed E-state index contributed by atoms with van der Waals surface area (Å²) < 4.78 is 1.71. The molecule has 1 aliphatic heterocycles. The van der Waals surface area contributed by atoms with Gasteiger partial charge in [-0.25, -0.2) is 4.98 Å². The molecule has 1 unspecified atom stereocenters. The number of rotatable bonds is 7. The van der Waals surface area contributed by atoms with Crippen molar-refractivity contribution in [3.63, 3.8) is 0 Å². The van der Waals surface area contributed by atoms with E-state index in [-0.39, 0.29) is 17.2 Å². The Labute approximate surface area is 190 Å². The van der Waals surface area contributed by atoms with Crippen molar-refractivity contribution >= 4 is 29.4 Å². The molecule has 1 amide bonds. The molecule has 2 aromatic carbocycles. The highest BCUT2D eigenvalue weighted by Gasteiger charge is 2.26. The molecule has 0 aliphatic carbocycles. The van der Waals surface area contributed by atoms with Gasteiger partial charge in [0.1, 0.15) is 0 Å². The summed E-state index contributed by atoms with van der Waals surface area (Å²) in [4.78, 5) is 31.2. The van der Waals surface area contributed by atoms with Gasteiger partial charge in [-0.1, -0.05) is 78.8 Å². The number of nitrogens with zero attached hydrogens (tertiary/aromatic N) is 2. The number of aromatic nitrogens is 2. The van der Waals surface area contributed by atoms with Crippen molar-refractivity contribution in [3.05, 3.63) is 87.3 Å². The van der Waals surface area contributed by atoms with Gasteiger partial charge in [0.15, 0.2) is 5.16 Å². The number of thioether (sulfide) groups is 2. The van der Waals surface area contributed by atoms with Crippen LogP contribution in [0.1, 0.15) is 29.3 Å². The lowest BCUT2D eigenvalue weighted by atomic mass is 10.1. The number of fused-ring (bicyclic) bond motifs is 1. The summed E-state index contributed by atoms with van der Waals surface area (Å²) in [5, 5.41) is 3.90. The average Bonchev–Trinajstić information content (AvgIpc) is 3.15. The van der Waals surface area contributed by atoms with Crippen LogP contribution in [-0.4, -0.2) is 26.5 Å². The first-order chi connectivity index (χ1) is 15.0. The Bertz CT molecular complexity index is 1130. The molecule has 0 radical (unpaired) electrons. The van der Waals surface area contributed by atoms with Crippen LogP contribution in [0.3, 0.4) is 0 Å². The number of benzene rings is 2. The molecule has 7 heteroatoms. The van der Waals surface area contributed by atoms with Crippen molar-refractivity contribution < 1.29 is 4.79 Å². The summed E-state index contributed by atoms with van der Waals surface area (Å²) >= 11 is 2.92. The van der Waals surface area contributed by atoms with E-state index >= 15 is 0 Å². The van der Waals surface area contributed by atoms with Crippen molar-refractivity contribution in [2.75, 3.05) is 5.75 Å². The van der Waals surface area contributed by atoms with E-state index in [4.69, 9.17) is 4.98 Å². The normalized spacial score (nSPS) is 15.0. The van der Waals surface area contributed by atoms with Crippen LogP contribution >= 0.6 is 23.5 Å². The van der Waals surface area contributed by atoms with E-state index in [9.17, 15) is 9.59 Å². The van der Waals surface area contributed by atoms with E-state index in [2.05, 4.69) is 12.2 Å². The Morgan fingerprint density at radius 2 is 1.90 bits per heavy atom. The van der Waals surface area contributed by atoms with Crippen LogP contribution in [0.15, 0.2) is 69.4 Å². The summed E-state index contributed by atoms with van der Waals surface area (Å²) in [5.41, 5.74) is 4.14. The average molecular weight is 452 g/mol. The zero-order valence-electron chi connectivity index (χ0n) is 17.6. The SMILES string of the molecule is Cc1ccc(CNC(=O)CSc2nc3c(c(=O)n2Cc2ccccc2)SC(C)C3)cc1. The molecule has 1 atom stereocenters. The predicted octanol–water partition coefficient (Wildman–Crippen LogP) is 4.05. The fourth-order valence-corrected chi connectivity index (χ4v) is 5.39. The lowest BCUT2D eigenvalue weighted by molar-refractivity contribution is -0.118. The van der Waals surface area contributed by atoms with E-state index in [1.54, 1.807) is 16.3 Å². The van der Waals surface area contributed by atoms with E-state index in [1.807, 2.05) is 61.5 Å². The van der Waals surface area contributed by atoms with Gasteiger partial charge in [-0.3, -0.25) is 14.2 Å². The first-order valence-electron chi connectivity index (χ1n) is 10.3. The van der Waals surface area contributed by atoms with Crippen LogP contribution in [0.25, 0.3) is 0 Å². The first kappa shape index (κ1) is 21.7. The number of carbonyl (C=O) groups excluding carboxylic acids is 1. The zero-order valence-corrected chi connectivity index (χ0v) is 19.3. The van der Waals surface area contributed by atoms with Crippen LogP contribution in [0.2, 0.25) is 0 Å². The molecule has 1 aromatic heterocycles. The van der Waals surface area contributed by atoms with Crippen molar-refractivity contribution in [1.82, 2.24) is 14.9 Å². The van der Waals surface area contributed by atoms with Gasteiger partial charge < -0.3 is 5.32 Å². The molecule has 1 N–H and O–H groups in total. The molecule has 0 bridgehead atoms. The standard InChI is InChI=1S/C24H25N3O2S2/c1-16-8-10-18(11-9-16)13-25-21(28)15-30-24-26-20-12-17(2)31-22(20)23(29)27(24)14-19-6-4-3-5-7-19/h3-11,17H,12-15H2,1-2H3,(H,25,28). The highest BCUT2D eigenvalue weighted by atomic mass is 32.2. The Morgan fingerprint density at radius 3 is 2.65 bits per heavy atom. The first-order valence-corrected chi connectivity index (χ1v) is 12.2. The second kappa shape index (κ2) is 9.75. The van der Waals surface area contributed by atoms with Gasteiger partial charge in [0.25, 0.3) is 5.56 Å². The molecule has 0 spiro atoms. The number of hydrogen-bond donors (Lipinski definition) is 1. The molecular formula is C24H25N3O2S2. The predicted molar refractivity (Wildman–Crippen MR) is 127 cm³/mol. The largest absolute Gasteiger partial charge is 0.351 e. The lowest BCUT2D eigenvalue weighted by Gasteiger charge is -2.14. The molecule has 1 aliphatic rings. The minimum Gasteiger partial charge on any atom is -0.351 e. The highest BCUT2D eigenvalue weighted by Crippen LogP contribution is 2.34. The van der Waals surface area contributed by atoms with Gasteiger partial charge in [0, 0.05) is 18.2 Å². The van der Waals surface area contributed by atoms with Gasteiger partial charge in [-0.15, -0.1) is 11.8 Å². The molecule has 31 heavy (non-hydrogen) atoms. The van der Waals surface area contributed by atoms with Gasteiger partial charge in [0.2, 0.25) is 5.91 Å². The zero-order chi connectivity index (χ0) is 21.8. The number of carbonyl (C=O) groups is 1. The Balaban J connectivity index is 1.49. The van der Waals surface area contributed by atoms with Gasteiger partial charge in [-0.05, 0) is 18.1 Å². The molecule has 160 valence electrons. The van der Waals surface area contributed by atoms with E-state index < -0.39 is 0 Å². The molecule has 0 fully saturated rings. The number of hydrogen-bond acceptors (Lipinski definition) is 5. The van der Waals surface area contributed by atoms with Crippen molar-refractivity contribution in [1.29, 1.82) is 0 Å². The minimum atomic E-state index is -0.0747. The third kappa shape index (κ3) is 5.40. The van der Waals surface area contributed by atoms with Gasteiger partial charge in [-0.2, -0.15) is 0 Å². The number of aryl methyl sites for hydroxylation is 1. The lowest BCUT2D eigenvalue weighted by Crippen LogP contribution is -2.28. The molecule has 5 nitrogen and oxygen atoms in total. The van der Waals surface area contributed by atoms with E-state index in [1.165, 1.54) is 17.3 Å². The monoisotopic (exact) mass is 451 g/mol. The van der Waals surface area contributed by atoms with Gasteiger partial charge >= 0.3 is 0 Å². The maximum atomic E-state index is 13.2. The Kier molecular flexibility index (Phi) is 6.83. The van der Waals surface area contributed by atoms with Crippen LogP contribution in [0.4, 0.5) is 0 Å². The molecule has 0 saturated heterocycles. The summed E-state index contributed by atoms with van der Waals surface area (Å²) in [6.07, 6.45) is 0.786. The minimum absolute atomic E-state index is 0.00855. The molecular weight excluding hydrogens is 426 g/mol. The quantitative estimate of drug-likeness (QED) is 0.434. The summed E-state index contributed by atoms with van der Waals surface area (Å²) in [6, 6.07) is 18.0. The second-order valence-corrected chi connectivity index (χ2v) is 10.1. The Hall–Kier alpha value is -2.51. The fraction of sp³-hybridized carbons (Fsp3) is 0.292. The highest BCUT2D eigenvalue weighted by molar-refractivity contribution is 8.00. The summed E-state index contributed by atoms with van der Waals surface area (Å²) in [5.74, 6) is 0.142. The van der Waals surface area contributed by atoms with E-state index in [0.29, 0.717) is 23.5 Å².